The van der Waals surface area contributed by atoms with Crippen molar-refractivity contribution in [1.82, 2.24) is 10.2 Å². The van der Waals surface area contributed by atoms with E-state index >= 15 is 0 Å². The Balaban J connectivity index is 1.63. The van der Waals surface area contributed by atoms with Crippen molar-refractivity contribution in [3.05, 3.63) is 65.5 Å². The van der Waals surface area contributed by atoms with Gasteiger partial charge in [-0.05, 0) is 42.0 Å². The zero-order chi connectivity index (χ0) is 16.9. The van der Waals surface area contributed by atoms with Gasteiger partial charge in [-0.15, -0.1) is 10.2 Å². The zero-order valence-electron chi connectivity index (χ0n) is 12.7. The molecule has 7 heteroatoms. The number of rotatable bonds is 5. The van der Waals surface area contributed by atoms with E-state index in [0.717, 1.165) is 5.56 Å². The molecule has 0 radical (unpaired) electrons. The molecule has 2 aromatic carbocycles. The first-order valence-corrected chi connectivity index (χ1v) is 8.04. The summed E-state index contributed by atoms with van der Waals surface area (Å²) in [5.74, 6) is 0.281. The molecule has 1 aromatic heterocycles. The number of nitrogens with zero attached hydrogens (tertiary/aromatic N) is 2. The highest BCUT2D eigenvalue weighted by molar-refractivity contribution is 7.98. The number of thioether (sulfide) groups is 1. The maximum atomic E-state index is 12.9. The fourth-order valence-electron chi connectivity index (χ4n) is 1.98. The Morgan fingerprint density at radius 2 is 1.83 bits per heavy atom. The van der Waals surface area contributed by atoms with E-state index in [1.807, 2.05) is 12.1 Å². The summed E-state index contributed by atoms with van der Waals surface area (Å²) in [6.07, 6.45) is 0. The van der Waals surface area contributed by atoms with Gasteiger partial charge in [-0.25, -0.2) is 9.18 Å². The maximum absolute atomic E-state index is 12.9. The van der Waals surface area contributed by atoms with Crippen LogP contribution in [0.2, 0.25) is 0 Å². The van der Waals surface area contributed by atoms with E-state index in [0.29, 0.717) is 28.0 Å². The van der Waals surface area contributed by atoms with Gasteiger partial charge < -0.3 is 9.15 Å². The minimum absolute atomic E-state index is 0.316. The van der Waals surface area contributed by atoms with E-state index in [1.54, 1.807) is 24.3 Å². The van der Waals surface area contributed by atoms with Gasteiger partial charge in [0.25, 0.3) is 5.22 Å². The molecular weight excluding hydrogens is 331 g/mol. The smallest absolute Gasteiger partial charge is 0.337 e. The summed E-state index contributed by atoms with van der Waals surface area (Å²) in [5.41, 5.74) is 2.18. The topological polar surface area (TPSA) is 65.2 Å². The normalized spacial score (nSPS) is 10.6. The maximum Gasteiger partial charge on any atom is 0.337 e. The van der Waals surface area contributed by atoms with Crippen molar-refractivity contribution < 1.29 is 18.3 Å². The lowest BCUT2D eigenvalue weighted by molar-refractivity contribution is 0.0600. The average molecular weight is 344 g/mol. The molecule has 0 aliphatic carbocycles. The molecule has 5 nitrogen and oxygen atoms in total. The van der Waals surface area contributed by atoms with Crippen molar-refractivity contribution in [2.45, 2.75) is 11.0 Å². The Labute approximate surface area is 141 Å². The molecule has 0 aliphatic rings. The fourth-order valence-corrected chi connectivity index (χ4v) is 2.70. The standard InChI is InChI=1S/C17H13FN2O3S/c1-22-16(21)13-4-2-11(3-5-13)10-24-17-20-19-15(23-17)12-6-8-14(18)9-7-12/h2-9H,10H2,1H3. The first-order chi connectivity index (χ1) is 11.7. The molecule has 0 atom stereocenters. The summed E-state index contributed by atoms with van der Waals surface area (Å²) in [4.78, 5) is 11.4. The number of aromatic nitrogens is 2. The van der Waals surface area contributed by atoms with Gasteiger partial charge in [0.2, 0.25) is 5.89 Å². The van der Waals surface area contributed by atoms with Crippen LogP contribution < -0.4 is 0 Å². The molecule has 3 rings (SSSR count). The van der Waals surface area contributed by atoms with Crippen molar-refractivity contribution in [1.29, 1.82) is 0 Å². The molecule has 0 spiro atoms. The van der Waals surface area contributed by atoms with Gasteiger partial charge in [-0.3, -0.25) is 0 Å². The predicted molar refractivity (Wildman–Crippen MR) is 87.0 cm³/mol. The number of ether oxygens (including phenoxy) is 1. The van der Waals surface area contributed by atoms with Crippen LogP contribution in [0.15, 0.2) is 58.2 Å². The number of carbonyl (C=O) groups is 1. The second-order valence-electron chi connectivity index (χ2n) is 4.86. The SMILES string of the molecule is COC(=O)c1ccc(CSc2nnc(-c3ccc(F)cc3)o2)cc1. The number of benzene rings is 2. The van der Waals surface area contributed by atoms with E-state index in [-0.39, 0.29) is 11.8 Å². The van der Waals surface area contributed by atoms with Crippen molar-refractivity contribution in [3.63, 3.8) is 0 Å². The van der Waals surface area contributed by atoms with Crippen LogP contribution in [0.1, 0.15) is 15.9 Å². The zero-order valence-corrected chi connectivity index (χ0v) is 13.5. The average Bonchev–Trinajstić information content (AvgIpc) is 3.09. The monoisotopic (exact) mass is 344 g/mol. The number of hydrogen-bond acceptors (Lipinski definition) is 6. The van der Waals surface area contributed by atoms with Crippen molar-refractivity contribution in [2.75, 3.05) is 7.11 Å². The number of methoxy groups -OCH3 is 1. The molecule has 0 bridgehead atoms. The minimum Gasteiger partial charge on any atom is -0.465 e. The molecule has 0 saturated carbocycles. The number of carbonyl (C=O) groups excluding carboxylic acids is 1. The molecule has 0 saturated heterocycles. The Bertz CT molecular complexity index is 832. The summed E-state index contributed by atoms with van der Waals surface area (Å²) in [6, 6.07) is 13.0. The van der Waals surface area contributed by atoms with E-state index in [4.69, 9.17) is 4.42 Å². The molecule has 24 heavy (non-hydrogen) atoms. The predicted octanol–water partition coefficient (Wildman–Crippen LogP) is 3.95. The first-order valence-electron chi connectivity index (χ1n) is 7.05. The Kier molecular flexibility index (Phi) is 4.90. The van der Waals surface area contributed by atoms with Crippen LogP contribution >= 0.6 is 11.8 Å². The minimum atomic E-state index is -0.366. The molecule has 0 N–H and O–H groups in total. The lowest BCUT2D eigenvalue weighted by atomic mass is 10.1. The highest BCUT2D eigenvalue weighted by Gasteiger charge is 2.10. The molecule has 122 valence electrons. The van der Waals surface area contributed by atoms with Crippen LogP contribution in [-0.2, 0) is 10.5 Å². The highest BCUT2D eigenvalue weighted by Crippen LogP contribution is 2.26. The van der Waals surface area contributed by atoms with Gasteiger partial charge >= 0.3 is 5.97 Å². The van der Waals surface area contributed by atoms with E-state index in [9.17, 15) is 9.18 Å². The Hall–Kier alpha value is -2.67. The number of halogens is 1. The number of hydrogen-bond donors (Lipinski definition) is 0. The highest BCUT2D eigenvalue weighted by atomic mass is 32.2. The van der Waals surface area contributed by atoms with Crippen molar-refractivity contribution in [3.8, 4) is 11.5 Å². The summed E-state index contributed by atoms with van der Waals surface area (Å²) in [7, 11) is 1.35. The third-order valence-corrected chi connectivity index (χ3v) is 4.12. The molecule has 0 aliphatic heterocycles. The third kappa shape index (κ3) is 3.80. The van der Waals surface area contributed by atoms with Crippen LogP contribution in [0.25, 0.3) is 11.5 Å². The van der Waals surface area contributed by atoms with Crippen LogP contribution in [0, 0.1) is 5.82 Å². The number of esters is 1. The van der Waals surface area contributed by atoms with Crippen LogP contribution in [0.3, 0.4) is 0 Å². The van der Waals surface area contributed by atoms with Gasteiger partial charge in [0.15, 0.2) is 0 Å². The summed E-state index contributed by atoms with van der Waals surface area (Å²) in [5, 5.41) is 8.35. The first kappa shape index (κ1) is 16.2. The third-order valence-electron chi connectivity index (χ3n) is 3.23. The van der Waals surface area contributed by atoms with Crippen LogP contribution in [0.4, 0.5) is 4.39 Å². The van der Waals surface area contributed by atoms with Gasteiger partial charge in [-0.2, -0.15) is 0 Å². The van der Waals surface area contributed by atoms with E-state index in [2.05, 4.69) is 14.9 Å². The van der Waals surface area contributed by atoms with Crippen molar-refractivity contribution >= 4 is 17.7 Å². The fraction of sp³-hybridized carbons (Fsp3) is 0.118. The van der Waals surface area contributed by atoms with E-state index in [1.165, 1.54) is 31.0 Å². The molecule has 3 aromatic rings. The Morgan fingerprint density at radius 1 is 1.12 bits per heavy atom. The quantitative estimate of drug-likeness (QED) is 0.516. The molecule has 1 heterocycles. The van der Waals surface area contributed by atoms with E-state index < -0.39 is 0 Å². The lowest BCUT2D eigenvalue weighted by Crippen LogP contribution is -2.00. The van der Waals surface area contributed by atoms with Crippen molar-refractivity contribution in [2.24, 2.45) is 0 Å². The summed E-state index contributed by atoms with van der Waals surface area (Å²) >= 11 is 1.38. The van der Waals surface area contributed by atoms with Gasteiger partial charge in [0.1, 0.15) is 5.82 Å². The largest absolute Gasteiger partial charge is 0.465 e. The van der Waals surface area contributed by atoms with Crippen LogP contribution in [0.5, 0.6) is 0 Å². The summed E-state index contributed by atoms with van der Waals surface area (Å²) < 4.78 is 23.1. The van der Waals surface area contributed by atoms with Gasteiger partial charge in [0, 0.05) is 11.3 Å². The lowest BCUT2D eigenvalue weighted by Gasteiger charge is -2.01. The summed E-state index contributed by atoms with van der Waals surface area (Å²) in [6.45, 7) is 0. The molecular formula is C17H13FN2O3S. The molecule has 0 amide bonds. The molecule has 0 fully saturated rings. The van der Waals surface area contributed by atoms with Crippen LogP contribution in [-0.4, -0.2) is 23.3 Å². The van der Waals surface area contributed by atoms with Gasteiger partial charge in [0.05, 0.1) is 12.7 Å². The second-order valence-corrected chi connectivity index (χ2v) is 5.78. The van der Waals surface area contributed by atoms with Gasteiger partial charge in [-0.1, -0.05) is 23.9 Å². The second kappa shape index (κ2) is 7.27. The molecule has 0 unspecified atom stereocenters. The Morgan fingerprint density at radius 3 is 2.50 bits per heavy atom.